The number of hydroxylamine groups is 1. The highest BCUT2D eigenvalue weighted by Gasteiger charge is 2.08. The number of benzene rings is 1. The van der Waals surface area contributed by atoms with Crippen molar-refractivity contribution in [3.63, 3.8) is 0 Å². The summed E-state index contributed by atoms with van der Waals surface area (Å²) >= 11 is 3.04. The highest BCUT2D eigenvalue weighted by Crippen LogP contribution is 2.28. The van der Waals surface area contributed by atoms with Gasteiger partial charge in [0.1, 0.15) is 11.6 Å². The van der Waals surface area contributed by atoms with Gasteiger partial charge >= 0.3 is 0 Å². The highest BCUT2D eigenvalue weighted by atomic mass is 79.9. The molecule has 0 aliphatic carbocycles. The van der Waals surface area contributed by atoms with Gasteiger partial charge in [0.05, 0.1) is 11.6 Å². The van der Waals surface area contributed by atoms with Crippen LogP contribution in [0.3, 0.4) is 0 Å². The Morgan fingerprint density at radius 3 is 2.85 bits per heavy atom. The van der Waals surface area contributed by atoms with E-state index < -0.39 is 5.82 Å². The zero-order valence-electron chi connectivity index (χ0n) is 6.97. The van der Waals surface area contributed by atoms with Crippen LogP contribution < -0.4 is 10.2 Å². The summed E-state index contributed by atoms with van der Waals surface area (Å²) in [6.07, 6.45) is 0. The molecule has 0 heterocycles. The standard InChI is InChI=1S/C8H9BrFNO2/c1-13-7-3-5(4-11-12)2-6(10)8(7)9/h2-3,11-12H,4H2,1H3. The number of hydrogen-bond donors (Lipinski definition) is 2. The van der Waals surface area contributed by atoms with Crippen LogP contribution in [0.15, 0.2) is 16.6 Å². The Labute approximate surface area is 83.6 Å². The van der Waals surface area contributed by atoms with Gasteiger partial charge in [-0.3, -0.25) is 0 Å². The van der Waals surface area contributed by atoms with E-state index in [1.807, 2.05) is 5.48 Å². The maximum absolute atomic E-state index is 13.1. The maximum atomic E-state index is 13.1. The van der Waals surface area contributed by atoms with E-state index in [1.54, 1.807) is 6.07 Å². The lowest BCUT2D eigenvalue weighted by atomic mass is 10.2. The lowest BCUT2D eigenvalue weighted by Gasteiger charge is -2.07. The summed E-state index contributed by atoms with van der Waals surface area (Å²) in [7, 11) is 1.45. The van der Waals surface area contributed by atoms with Gasteiger partial charge in [0.15, 0.2) is 0 Å². The first-order valence-electron chi connectivity index (χ1n) is 3.58. The molecule has 0 fully saturated rings. The van der Waals surface area contributed by atoms with Crippen LogP contribution in [0.5, 0.6) is 5.75 Å². The van der Waals surface area contributed by atoms with Gasteiger partial charge in [-0.1, -0.05) is 0 Å². The van der Waals surface area contributed by atoms with Crippen LogP contribution in [0.2, 0.25) is 0 Å². The molecule has 0 amide bonds. The lowest BCUT2D eigenvalue weighted by Crippen LogP contribution is -2.06. The summed E-state index contributed by atoms with van der Waals surface area (Å²) in [4.78, 5) is 0. The molecule has 0 radical (unpaired) electrons. The first-order chi connectivity index (χ1) is 6.19. The fourth-order valence-electron chi connectivity index (χ4n) is 0.959. The van der Waals surface area contributed by atoms with Crippen LogP contribution in [0.4, 0.5) is 4.39 Å². The molecule has 72 valence electrons. The van der Waals surface area contributed by atoms with Crippen LogP contribution >= 0.6 is 15.9 Å². The molecule has 0 bridgehead atoms. The minimum atomic E-state index is -0.412. The molecule has 0 aliphatic rings. The Kier molecular flexibility index (Phi) is 3.65. The van der Waals surface area contributed by atoms with Crippen molar-refractivity contribution < 1.29 is 14.3 Å². The predicted molar refractivity (Wildman–Crippen MR) is 49.3 cm³/mol. The van der Waals surface area contributed by atoms with E-state index in [2.05, 4.69) is 15.9 Å². The molecule has 0 aliphatic heterocycles. The molecular weight excluding hydrogens is 241 g/mol. The molecule has 1 rings (SSSR count). The number of nitrogens with one attached hydrogen (secondary N) is 1. The lowest BCUT2D eigenvalue weighted by molar-refractivity contribution is 0.161. The molecule has 0 saturated carbocycles. The van der Waals surface area contributed by atoms with Gasteiger partial charge in [-0.05, 0) is 33.6 Å². The van der Waals surface area contributed by atoms with Gasteiger partial charge in [-0.25, -0.2) is 9.87 Å². The summed E-state index contributed by atoms with van der Waals surface area (Å²) < 4.78 is 18.3. The first-order valence-corrected chi connectivity index (χ1v) is 4.37. The Bertz CT molecular complexity index is 306. The molecule has 1 aromatic rings. The van der Waals surface area contributed by atoms with Crippen molar-refractivity contribution >= 4 is 15.9 Å². The van der Waals surface area contributed by atoms with Crippen molar-refractivity contribution in [2.75, 3.05) is 7.11 Å². The average molecular weight is 250 g/mol. The molecule has 1 aromatic carbocycles. The van der Waals surface area contributed by atoms with Gasteiger partial charge in [-0.15, -0.1) is 0 Å². The topological polar surface area (TPSA) is 41.5 Å². The zero-order chi connectivity index (χ0) is 9.84. The van der Waals surface area contributed by atoms with Crippen molar-refractivity contribution in [2.45, 2.75) is 6.54 Å². The fourth-order valence-corrected chi connectivity index (χ4v) is 1.35. The molecule has 0 unspecified atom stereocenters. The molecule has 0 atom stereocenters. The second-order valence-corrected chi connectivity index (χ2v) is 3.22. The van der Waals surface area contributed by atoms with Crippen LogP contribution in [-0.2, 0) is 6.54 Å². The number of methoxy groups -OCH3 is 1. The molecule has 5 heteroatoms. The molecule has 0 saturated heterocycles. The van der Waals surface area contributed by atoms with E-state index in [0.717, 1.165) is 0 Å². The zero-order valence-corrected chi connectivity index (χ0v) is 8.56. The Morgan fingerprint density at radius 1 is 1.62 bits per heavy atom. The van der Waals surface area contributed by atoms with Crippen molar-refractivity contribution in [3.05, 3.63) is 28.0 Å². The summed E-state index contributed by atoms with van der Waals surface area (Å²) in [5.74, 6) is -0.00477. The van der Waals surface area contributed by atoms with Crippen LogP contribution in [0.25, 0.3) is 0 Å². The van der Waals surface area contributed by atoms with Crippen molar-refractivity contribution in [1.29, 1.82) is 0 Å². The van der Waals surface area contributed by atoms with E-state index in [9.17, 15) is 4.39 Å². The Balaban J connectivity index is 3.06. The number of halogens is 2. The van der Waals surface area contributed by atoms with Gasteiger partial charge in [0.25, 0.3) is 0 Å². The number of hydrogen-bond acceptors (Lipinski definition) is 3. The van der Waals surface area contributed by atoms with Crippen molar-refractivity contribution in [1.82, 2.24) is 5.48 Å². The van der Waals surface area contributed by atoms with Gasteiger partial charge in [0, 0.05) is 6.54 Å². The summed E-state index contributed by atoms with van der Waals surface area (Å²) in [5, 5.41) is 8.42. The third-order valence-corrected chi connectivity index (χ3v) is 2.33. The Morgan fingerprint density at radius 2 is 2.31 bits per heavy atom. The monoisotopic (exact) mass is 249 g/mol. The van der Waals surface area contributed by atoms with Crippen molar-refractivity contribution in [3.8, 4) is 5.75 Å². The maximum Gasteiger partial charge on any atom is 0.141 e. The van der Waals surface area contributed by atoms with E-state index in [1.165, 1.54) is 13.2 Å². The van der Waals surface area contributed by atoms with E-state index in [-0.39, 0.29) is 11.0 Å². The smallest absolute Gasteiger partial charge is 0.141 e. The van der Waals surface area contributed by atoms with Gasteiger partial charge < -0.3 is 9.94 Å². The largest absolute Gasteiger partial charge is 0.495 e. The molecular formula is C8H9BrFNO2. The van der Waals surface area contributed by atoms with Crippen molar-refractivity contribution in [2.24, 2.45) is 0 Å². The summed E-state index contributed by atoms with van der Waals surface area (Å²) in [6.45, 7) is 0.181. The molecule has 0 spiro atoms. The summed E-state index contributed by atoms with van der Waals surface area (Å²) in [6, 6.07) is 2.95. The Hall–Kier alpha value is -0.650. The third kappa shape index (κ3) is 2.40. The third-order valence-electron chi connectivity index (χ3n) is 1.56. The van der Waals surface area contributed by atoms with Gasteiger partial charge in [-0.2, -0.15) is 0 Å². The minimum Gasteiger partial charge on any atom is -0.495 e. The van der Waals surface area contributed by atoms with E-state index >= 15 is 0 Å². The second kappa shape index (κ2) is 4.55. The number of rotatable bonds is 3. The second-order valence-electron chi connectivity index (χ2n) is 2.43. The first kappa shape index (κ1) is 10.4. The normalized spacial score (nSPS) is 10.2. The minimum absolute atomic E-state index is 0.181. The average Bonchev–Trinajstić information content (AvgIpc) is 2.11. The van der Waals surface area contributed by atoms with Crippen LogP contribution in [-0.4, -0.2) is 12.3 Å². The molecule has 3 nitrogen and oxygen atoms in total. The SMILES string of the molecule is COc1cc(CNO)cc(F)c1Br. The molecule has 2 N–H and O–H groups in total. The van der Waals surface area contributed by atoms with E-state index in [0.29, 0.717) is 11.3 Å². The summed E-state index contributed by atoms with van der Waals surface area (Å²) in [5.41, 5.74) is 2.56. The fraction of sp³-hybridized carbons (Fsp3) is 0.250. The number of ether oxygens (including phenoxy) is 1. The molecule has 0 aromatic heterocycles. The molecule has 13 heavy (non-hydrogen) atoms. The van der Waals surface area contributed by atoms with Crippen LogP contribution in [0, 0.1) is 5.82 Å². The van der Waals surface area contributed by atoms with E-state index in [4.69, 9.17) is 9.94 Å². The van der Waals surface area contributed by atoms with Gasteiger partial charge in [0.2, 0.25) is 0 Å². The highest BCUT2D eigenvalue weighted by molar-refractivity contribution is 9.10. The predicted octanol–water partition coefficient (Wildman–Crippen LogP) is 2.08. The quantitative estimate of drug-likeness (QED) is 0.807. The van der Waals surface area contributed by atoms with Crippen LogP contribution in [0.1, 0.15) is 5.56 Å².